The number of rotatable bonds is 5. The van der Waals surface area contributed by atoms with Crippen LogP contribution in [0.25, 0.3) is 76.5 Å². The zero-order chi connectivity index (χ0) is 33.0. The maximum atomic E-state index is 14.4. The molecule has 49 heavy (non-hydrogen) atoms. The first-order valence-electron chi connectivity index (χ1n) is 16.8. The van der Waals surface area contributed by atoms with E-state index >= 15 is 0 Å². The van der Waals surface area contributed by atoms with Gasteiger partial charge in [-0.15, -0.1) is 0 Å². The fourth-order valence-electron chi connectivity index (χ4n) is 7.54. The Hall–Kier alpha value is -5.75. The van der Waals surface area contributed by atoms with Gasteiger partial charge in [0.1, 0.15) is 7.14 Å². The molecule has 0 aliphatic rings. The summed E-state index contributed by atoms with van der Waals surface area (Å²) < 4.78 is 14.4. The molecule has 0 amide bonds. The zero-order valence-corrected chi connectivity index (χ0v) is 28.1. The SMILES string of the molecule is CP(=O)(c1ccccc1)c1cccc(-c2cc(-c3c4ccccc4cc4ccccc34)cc(-c3c4ccccc4cc4ccccc34)c2)c1. The van der Waals surface area contributed by atoms with Crippen LogP contribution in [0.15, 0.2) is 182 Å². The van der Waals surface area contributed by atoms with Crippen molar-refractivity contribution in [3.05, 3.63) is 182 Å². The van der Waals surface area contributed by atoms with Crippen LogP contribution in [-0.2, 0) is 4.57 Å². The molecule has 0 bridgehead atoms. The molecule has 1 atom stereocenters. The predicted octanol–water partition coefficient (Wildman–Crippen LogP) is 12.2. The lowest BCUT2D eigenvalue weighted by Crippen LogP contribution is -2.14. The van der Waals surface area contributed by atoms with Crippen LogP contribution in [0.2, 0.25) is 0 Å². The van der Waals surface area contributed by atoms with Crippen molar-refractivity contribution in [1.29, 1.82) is 0 Å². The Morgan fingerprint density at radius 1 is 0.327 bits per heavy atom. The van der Waals surface area contributed by atoms with Gasteiger partial charge in [-0.1, -0.05) is 146 Å². The lowest BCUT2D eigenvalue weighted by atomic mass is 9.86. The molecular formula is C47H33OP. The van der Waals surface area contributed by atoms with Crippen LogP contribution in [0.1, 0.15) is 0 Å². The van der Waals surface area contributed by atoms with E-state index < -0.39 is 7.14 Å². The minimum atomic E-state index is -2.81. The summed E-state index contributed by atoms with van der Waals surface area (Å²) in [6.07, 6.45) is 0. The smallest absolute Gasteiger partial charge is 0.140 e. The zero-order valence-electron chi connectivity index (χ0n) is 27.2. The van der Waals surface area contributed by atoms with E-state index in [9.17, 15) is 4.57 Å². The van der Waals surface area contributed by atoms with Crippen LogP contribution in [0, 0.1) is 0 Å². The van der Waals surface area contributed by atoms with Crippen molar-refractivity contribution < 1.29 is 4.57 Å². The quantitative estimate of drug-likeness (QED) is 0.135. The second kappa shape index (κ2) is 11.7. The van der Waals surface area contributed by atoms with Crippen LogP contribution in [0.4, 0.5) is 0 Å². The third-order valence-corrected chi connectivity index (χ3v) is 12.5. The minimum Gasteiger partial charge on any atom is -0.314 e. The Kier molecular flexibility index (Phi) is 7.04. The minimum absolute atomic E-state index is 0.856. The lowest BCUT2D eigenvalue weighted by molar-refractivity contribution is 0.590. The van der Waals surface area contributed by atoms with Crippen molar-refractivity contribution in [2.45, 2.75) is 0 Å². The van der Waals surface area contributed by atoms with E-state index in [4.69, 9.17) is 0 Å². The topological polar surface area (TPSA) is 17.1 Å². The molecular weight excluding hydrogens is 611 g/mol. The molecule has 9 rings (SSSR count). The first kappa shape index (κ1) is 29.4. The average molecular weight is 645 g/mol. The van der Waals surface area contributed by atoms with Gasteiger partial charge in [-0.05, 0) is 120 Å². The Balaban J connectivity index is 1.37. The molecule has 0 spiro atoms. The molecule has 9 aromatic rings. The van der Waals surface area contributed by atoms with Gasteiger partial charge < -0.3 is 4.57 Å². The van der Waals surface area contributed by atoms with E-state index in [2.05, 4.69) is 146 Å². The van der Waals surface area contributed by atoms with Crippen LogP contribution < -0.4 is 10.6 Å². The van der Waals surface area contributed by atoms with Gasteiger partial charge >= 0.3 is 0 Å². The van der Waals surface area contributed by atoms with E-state index in [-0.39, 0.29) is 0 Å². The first-order chi connectivity index (χ1) is 24.0. The number of fused-ring (bicyclic) bond motifs is 4. The van der Waals surface area contributed by atoms with Crippen LogP contribution in [0.5, 0.6) is 0 Å². The van der Waals surface area contributed by atoms with Crippen molar-refractivity contribution >= 4 is 60.8 Å². The largest absolute Gasteiger partial charge is 0.314 e. The second-order valence-electron chi connectivity index (χ2n) is 13.0. The monoisotopic (exact) mass is 644 g/mol. The maximum absolute atomic E-state index is 14.4. The molecule has 232 valence electrons. The summed E-state index contributed by atoms with van der Waals surface area (Å²) in [6.45, 7) is 1.88. The van der Waals surface area contributed by atoms with E-state index in [1.54, 1.807) is 0 Å². The molecule has 0 radical (unpaired) electrons. The molecule has 0 N–H and O–H groups in total. The number of benzene rings is 9. The van der Waals surface area contributed by atoms with Crippen molar-refractivity contribution in [3.63, 3.8) is 0 Å². The second-order valence-corrected chi connectivity index (χ2v) is 15.9. The summed E-state index contributed by atoms with van der Waals surface area (Å²) in [5.74, 6) is 0. The Labute approximate surface area is 286 Å². The molecule has 9 aromatic carbocycles. The summed E-state index contributed by atoms with van der Waals surface area (Å²) in [4.78, 5) is 0. The molecule has 0 heterocycles. The normalized spacial score (nSPS) is 12.8. The van der Waals surface area contributed by atoms with E-state index in [1.807, 2.05) is 43.1 Å². The first-order valence-corrected chi connectivity index (χ1v) is 18.9. The Morgan fingerprint density at radius 3 is 1.18 bits per heavy atom. The summed E-state index contributed by atoms with van der Waals surface area (Å²) >= 11 is 0. The highest BCUT2D eigenvalue weighted by atomic mass is 31.2. The molecule has 0 aliphatic heterocycles. The van der Waals surface area contributed by atoms with Gasteiger partial charge in [0.15, 0.2) is 0 Å². The summed E-state index contributed by atoms with van der Waals surface area (Å²) in [7, 11) is -2.81. The summed E-state index contributed by atoms with van der Waals surface area (Å²) in [5.41, 5.74) is 6.91. The van der Waals surface area contributed by atoms with Crippen LogP contribution in [-0.4, -0.2) is 6.66 Å². The lowest BCUT2D eigenvalue weighted by Gasteiger charge is -2.19. The van der Waals surface area contributed by atoms with Crippen LogP contribution in [0.3, 0.4) is 0 Å². The van der Waals surface area contributed by atoms with Crippen molar-refractivity contribution in [2.75, 3.05) is 6.66 Å². The molecule has 1 unspecified atom stereocenters. The van der Waals surface area contributed by atoms with Crippen molar-refractivity contribution in [1.82, 2.24) is 0 Å². The standard InChI is InChI=1S/C47H33OP/c1-49(48,40-19-3-2-4-20-40)41-21-13-18-32(31-41)37-28-38(46-42-22-9-5-14-33(42)26-34-15-6-10-23-43(34)46)30-39(29-37)47-44-24-11-7-16-35(44)27-36-17-8-12-25-45(36)47/h2-31H,1H3. The van der Waals surface area contributed by atoms with Gasteiger partial charge in [0.05, 0.1) is 0 Å². The highest BCUT2D eigenvalue weighted by molar-refractivity contribution is 7.78. The predicted molar refractivity (Wildman–Crippen MR) is 212 cm³/mol. The Morgan fingerprint density at radius 2 is 0.714 bits per heavy atom. The van der Waals surface area contributed by atoms with Crippen LogP contribution >= 0.6 is 7.14 Å². The Bertz CT molecular complexity index is 2510. The summed E-state index contributed by atoms with van der Waals surface area (Å²) in [6, 6.07) is 64.6. The van der Waals surface area contributed by atoms with Crippen molar-refractivity contribution in [3.8, 4) is 33.4 Å². The van der Waals surface area contributed by atoms with Gasteiger partial charge in [0.2, 0.25) is 0 Å². The van der Waals surface area contributed by atoms with Gasteiger partial charge in [-0.3, -0.25) is 0 Å². The third kappa shape index (κ3) is 5.06. The fourth-order valence-corrected chi connectivity index (χ4v) is 9.34. The van der Waals surface area contributed by atoms with Gasteiger partial charge in [-0.25, -0.2) is 0 Å². The number of hydrogen-bond donors (Lipinski definition) is 0. The molecule has 0 aromatic heterocycles. The molecule has 0 saturated heterocycles. The fraction of sp³-hybridized carbons (Fsp3) is 0.0213. The molecule has 1 nitrogen and oxygen atoms in total. The van der Waals surface area contributed by atoms with E-state index in [0.29, 0.717) is 0 Å². The summed E-state index contributed by atoms with van der Waals surface area (Å²) in [5, 5.41) is 11.5. The maximum Gasteiger partial charge on any atom is 0.140 e. The van der Waals surface area contributed by atoms with Crippen molar-refractivity contribution in [2.24, 2.45) is 0 Å². The molecule has 0 saturated carbocycles. The highest BCUT2D eigenvalue weighted by Gasteiger charge is 2.22. The van der Waals surface area contributed by atoms with Gasteiger partial charge in [0, 0.05) is 10.6 Å². The third-order valence-electron chi connectivity index (χ3n) is 9.97. The molecule has 0 aliphatic carbocycles. The molecule has 2 heteroatoms. The highest BCUT2D eigenvalue weighted by Crippen LogP contribution is 2.44. The van der Waals surface area contributed by atoms with Gasteiger partial charge in [0.25, 0.3) is 0 Å². The molecule has 0 fully saturated rings. The van der Waals surface area contributed by atoms with Gasteiger partial charge in [-0.2, -0.15) is 0 Å². The average Bonchev–Trinajstić information content (AvgIpc) is 3.16. The van der Waals surface area contributed by atoms with E-state index in [1.165, 1.54) is 54.2 Å². The number of hydrogen-bond acceptors (Lipinski definition) is 1. The van der Waals surface area contributed by atoms with E-state index in [0.717, 1.165) is 32.9 Å².